The molecule has 0 aromatic heterocycles. The summed E-state index contributed by atoms with van der Waals surface area (Å²) in [6.45, 7) is 3.42. The van der Waals surface area contributed by atoms with Gasteiger partial charge in [-0.15, -0.1) is 0 Å². The number of amides is 4. The summed E-state index contributed by atoms with van der Waals surface area (Å²) in [6.07, 6.45) is -0.900. The van der Waals surface area contributed by atoms with Crippen molar-refractivity contribution in [1.82, 2.24) is 15.8 Å². The lowest BCUT2D eigenvalue weighted by molar-refractivity contribution is -0.132. The molecule has 0 fully saturated rings. The maximum absolute atomic E-state index is 12.3. The number of nitrogens with one attached hydrogen (secondary N) is 2. The van der Waals surface area contributed by atoms with Crippen molar-refractivity contribution in [2.75, 3.05) is 13.2 Å². The summed E-state index contributed by atoms with van der Waals surface area (Å²) in [5.41, 5.74) is 4.90. The van der Waals surface area contributed by atoms with Gasteiger partial charge in [-0.1, -0.05) is 12.1 Å². The van der Waals surface area contributed by atoms with Gasteiger partial charge in [0.2, 0.25) is 0 Å². The predicted molar refractivity (Wildman–Crippen MR) is 106 cm³/mol. The zero-order chi connectivity index (χ0) is 21.7. The van der Waals surface area contributed by atoms with Crippen molar-refractivity contribution in [3.63, 3.8) is 0 Å². The number of carbonyl (C=O) groups excluding carboxylic acids is 4. The van der Waals surface area contributed by atoms with E-state index in [0.717, 1.165) is 4.90 Å². The number of hydrazine groups is 1. The van der Waals surface area contributed by atoms with E-state index in [2.05, 4.69) is 10.9 Å². The maximum Gasteiger partial charge on any atom is 0.279 e. The summed E-state index contributed by atoms with van der Waals surface area (Å²) < 4.78 is 10.8. The number of imide groups is 1. The van der Waals surface area contributed by atoms with Gasteiger partial charge in [0.05, 0.1) is 17.7 Å². The number of carbonyl (C=O) groups is 4. The lowest BCUT2D eigenvalue weighted by atomic mass is 10.1. The van der Waals surface area contributed by atoms with Gasteiger partial charge in [0.15, 0.2) is 6.10 Å². The second-order valence-electron chi connectivity index (χ2n) is 6.44. The van der Waals surface area contributed by atoms with Crippen LogP contribution in [0.3, 0.4) is 0 Å². The van der Waals surface area contributed by atoms with Crippen LogP contribution in [-0.4, -0.2) is 47.8 Å². The number of fused-ring (bicyclic) bond motifs is 1. The number of hydrogen-bond acceptors (Lipinski definition) is 6. The Labute approximate surface area is 172 Å². The van der Waals surface area contributed by atoms with E-state index in [4.69, 9.17) is 9.47 Å². The molecular weight excluding hydrogens is 390 g/mol. The maximum atomic E-state index is 12.3. The molecule has 0 radical (unpaired) electrons. The molecule has 0 bridgehead atoms. The smallest absolute Gasteiger partial charge is 0.279 e. The van der Waals surface area contributed by atoms with Crippen LogP contribution in [0.4, 0.5) is 0 Å². The Bertz CT molecular complexity index is 938. The average molecular weight is 411 g/mol. The molecule has 0 saturated heterocycles. The van der Waals surface area contributed by atoms with Crippen LogP contribution in [0.25, 0.3) is 0 Å². The fourth-order valence-electron chi connectivity index (χ4n) is 2.84. The van der Waals surface area contributed by atoms with Crippen LogP contribution < -0.4 is 20.3 Å². The predicted octanol–water partition coefficient (Wildman–Crippen LogP) is 1.30. The summed E-state index contributed by atoms with van der Waals surface area (Å²) in [7, 11) is 0. The number of rotatable bonds is 7. The SMILES string of the molecule is CCOc1ccc(O[C@@H](C)C(=O)NNC(=O)CN2C(=O)c3ccccc3C2=O)cc1. The molecule has 4 amide bonds. The number of nitrogens with zero attached hydrogens (tertiary/aromatic N) is 1. The van der Waals surface area contributed by atoms with Crippen LogP contribution in [0, 0.1) is 0 Å². The number of hydrogen-bond donors (Lipinski definition) is 2. The normalized spacial score (nSPS) is 13.5. The van der Waals surface area contributed by atoms with Gasteiger partial charge in [-0.3, -0.25) is 34.9 Å². The summed E-state index contributed by atoms with van der Waals surface area (Å²) in [6, 6.07) is 13.1. The van der Waals surface area contributed by atoms with Gasteiger partial charge in [0.1, 0.15) is 18.0 Å². The van der Waals surface area contributed by atoms with Crippen LogP contribution in [0.5, 0.6) is 11.5 Å². The summed E-state index contributed by atoms with van der Waals surface area (Å²) in [5, 5.41) is 0. The summed E-state index contributed by atoms with van der Waals surface area (Å²) in [5.74, 6) is -1.28. The second kappa shape index (κ2) is 9.08. The Hall–Kier alpha value is -3.88. The topological polar surface area (TPSA) is 114 Å². The van der Waals surface area contributed by atoms with Gasteiger partial charge in [0, 0.05) is 0 Å². The first kappa shape index (κ1) is 20.8. The Morgan fingerprint density at radius 3 is 2.07 bits per heavy atom. The standard InChI is InChI=1S/C21H21N3O6/c1-3-29-14-8-10-15(11-9-14)30-13(2)19(26)23-22-18(25)12-24-20(27)16-6-4-5-7-17(16)21(24)28/h4-11,13H,3,12H2,1-2H3,(H,22,25)(H,23,26)/t13-/m0/s1. The van der Waals surface area contributed by atoms with Gasteiger partial charge in [-0.25, -0.2) is 0 Å². The van der Waals surface area contributed by atoms with Gasteiger partial charge in [0.25, 0.3) is 23.6 Å². The minimum Gasteiger partial charge on any atom is -0.494 e. The van der Waals surface area contributed by atoms with Crippen molar-refractivity contribution in [2.24, 2.45) is 0 Å². The first-order valence-corrected chi connectivity index (χ1v) is 9.34. The first-order valence-electron chi connectivity index (χ1n) is 9.34. The minimum absolute atomic E-state index is 0.247. The van der Waals surface area contributed by atoms with Crippen LogP contribution >= 0.6 is 0 Å². The molecule has 2 N–H and O–H groups in total. The van der Waals surface area contributed by atoms with E-state index >= 15 is 0 Å². The van der Waals surface area contributed by atoms with Crippen LogP contribution in [0.2, 0.25) is 0 Å². The van der Waals surface area contributed by atoms with E-state index in [-0.39, 0.29) is 11.1 Å². The van der Waals surface area contributed by atoms with E-state index in [1.54, 1.807) is 36.4 Å². The zero-order valence-electron chi connectivity index (χ0n) is 16.5. The van der Waals surface area contributed by atoms with Crippen molar-refractivity contribution < 1.29 is 28.7 Å². The molecule has 0 aliphatic carbocycles. The second-order valence-corrected chi connectivity index (χ2v) is 6.44. The molecule has 2 aromatic carbocycles. The zero-order valence-corrected chi connectivity index (χ0v) is 16.5. The van der Waals surface area contributed by atoms with Crippen molar-refractivity contribution >= 4 is 23.6 Å². The first-order chi connectivity index (χ1) is 14.4. The molecule has 3 rings (SSSR count). The molecule has 30 heavy (non-hydrogen) atoms. The van der Waals surface area contributed by atoms with Crippen molar-refractivity contribution in [3.05, 3.63) is 59.7 Å². The van der Waals surface area contributed by atoms with Crippen LogP contribution in [0.15, 0.2) is 48.5 Å². The third kappa shape index (κ3) is 4.57. The lowest BCUT2D eigenvalue weighted by Crippen LogP contribution is -2.50. The summed E-state index contributed by atoms with van der Waals surface area (Å²) >= 11 is 0. The molecule has 0 spiro atoms. The van der Waals surface area contributed by atoms with E-state index in [9.17, 15) is 19.2 Å². The van der Waals surface area contributed by atoms with Crippen LogP contribution in [-0.2, 0) is 9.59 Å². The molecular formula is C21H21N3O6. The molecule has 1 aliphatic heterocycles. The summed E-state index contributed by atoms with van der Waals surface area (Å²) in [4.78, 5) is 49.6. The van der Waals surface area contributed by atoms with Gasteiger partial charge >= 0.3 is 0 Å². The monoisotopic (exact) mass is 411 g/mol. The Morgan fingerprint density at radius 1 is 0.933 bits per heavy atom. The van der Waals surface area contributed by atoms with Crippen molar-refractivity contribution in [3.8, 4) is 11.5 Å². The van der Waals surface area contributed by atoms with Crippen molar-refractivity contribution in [1.29, 1.82) is 0 Å². The van der Waals surface area contributed by atoms with E-state index in [1.165, 1.54) is 19.1 Å². The van der Waals surface area contributed by atoms with Gasteiger partial charge < -0.3 is 9.47 Å². The van der Waals surface area contributed by atoms with E-state index in [0.29, 0.717) is 18.1 Å². The van der Waals surface area contributed by atoms with Crippen LogP contribution in [0.1, 0.15) is 34.6 Å². The van der Waals surface area contributed by atoms with Gasteiger partial charge in [-0.2, -0.15) is 0 Å². The average Bonchev–Trinajstić information content (AvgIpc) is 2.98. The Kier molecular flexibility index (Phi) is 6.31. The lowest BCUT2D eigenvalue weighted by Gasteiger charge is -2.17. The van der Waals surface area contributed by atoms with Gasteiger partial charge in [-0.05, 0) is 50.2 Å². The molecule has 1 aliphatic rings. The van der Waals surface area contributed by atoms with E-state index < -0.39 is 36.3 Å². The highest BCUT2D eigenvalue weighted by atomic mass is 16.5. The largest absolute Gasteiger partial charge is 0.494 e. The minimum atomic E-state index is -0.900. The highest BCUT2D eigenvalue weighted by Gasteiger charge is 2.36. The number of ether oxygens (including phenoxy) is 2. The fourth-order valence-corrected chi connectivity index (χ4v) is 2.84. The Morgan fingerprint density at radius 2 is 1.50 bits per heavy atom. The molecule has 156 valence electrons. The molecule has 9 heteroatoms. The molecule has 1 heterocycles. The third-order valence-corrected chi connectivity index (χ3v) is 4.32. The molecule has 2 aromatic rings. The highest BCUT2D eigenvalue weighted by Crippen LogP contribution is 2.22. The molecule has 0 saturated carbocycles. The molecule has 9 nitrogen and oxygen atoms in total. The molecule has 0 unspecified atom stereocenters. The quantitative estimate of drug-likeness (QED) is 0.524. The van der Waals surface area contributed by atoms with E-state index in [1.807, 2.05) is 6.92 Å². The highest BCUT2D eigenvalue weighted by molar-refractivity contribution is 6.22. The fraction of sp³-hybridized carbons (Fsp3) is 0.238. The molecule has 1 atom stereocenters. The Balaban J connectivity index is 1.48. The third-order valence-electron chi connectivity index (χ3n) is 4.32. The van der Waals surface area contributed by atoms with Crippen molar-refractivity contribution in [2.45, 2.75) is 20.0 Å². The number of benzene rings is 2.